The number of nitrogens with zero attached hydrogens (tertiary/aromatic N) is 2. The Morgan fingerprint density at radius 3 is 2.96 bits per heavy atom. The second-order valence-corrected chi connectivity index (χ2v) is 6.10. The normalized spacial score (nSPS) is 18.6. The van der Waals surface area contributed by atoms with E-state index in [1.807, 2.05) is 11.8 Å². The minimum atomic E-state index is -2.87. The molecule has 0 saturated carbocycles. The summed E-state index contributed by atoms with van der Waals surface area (Å²) in [6.07, 6.45) is 0.337. The van der Waals surface area contributed by atoms with E-state index < -0.39 is 6.61 Å². The maximum Gasteiger partial charge on any atom is 0.387 e. The van der Waals surface area contributed by atoms with Crippen LogP contribution in [0.15, 0.2) is 27.7 Å². The molecule has 1 aliphatic rings. The Hall–Kier alpha value is -1.41. The summed E-state index contributed by atoms with van der Waals surface area (Å²) >= 11 is 3.32. The van der Waals surface area contributed by atoms with Crippen LogP contribution in [0.2, 0.25) is 0 Å². The van der Waals surface area contributed by atoms with E-state index in [4.69, 9.17) is 0 Å². The monoisotopic (exact) mass is 391 g/mol. The average Bonchev–Trinajstić information content (AvgIpc) is 2.92. The van der Waals surface area contributed by atoms with Gasteiger partial charge in [-0.25, -0.2) is 4.99 Å². The molecule has 2 N–H and O–H groups in total. The van der Waals surface area contributed by atoms with Gasteiger partial charge in [0.1, 0.15) is 5.75 Å². The molecule has 0 spiro atoms. The van der Waals surface area contributed by atoms with E-state index in [-0.39, 0.29) is 18.4 Å². The summed E-state index contributed by atoms with van der Waals surface area (Å²) in [5.74, 6) is 0.774. The van der Waals surface area contributed by atoms with Crippen LogP contribution in [0.5, 0.6) is 5.75 Å². The predicted molar refractivity (Wildman–Crippen MR) is 87.8 cm³/mol. The molecule has 1 aromatic carbocycles. The fraction of sp³-hybridized carbons (Fsp3) is 0.533. The number of ether oxygens (including phenoxy) is 1. The number of aliphatic hydroxyl groups is 1. The van der Waals surface area contributed by atoms with Gasteiger partial charge < -0.3 is 20.1 Å². The first kappa shape index (κ1) is 17.9. The van der Waals surface area contributed by atoms with Gasteiger partial charge in [0, 0.05) is 29.7 Å². The summed E-state index contributed by atoms with van der Waals surface area (Å²) in [5, 5.41) is 12.8. The molecular weight excluding hydrogens is 372 g/mol. The van der Waals surface area contributed by atoms with Gasteiger partial charge in [-0.3, -0.25) is 0 Å². The molecule has 0 aromatic heterocycles. The number of guanidine groups is 1. The van der Waals surface area contributed by atoms with Crippen molar-refractivity contribution in [3.8, 4) is 5.75 Å². The highest BCUT2D eigenvalue weighted by Crippen LogP contribution is 2.25. The number of benzene rings is 1. The molecule has 1 aliphatic heterocycles. The second-order valence-electron chi connectivity index (χ2n) is 5.19. The Morgan fingerprint density at radius 1 is 1.57 bits per heavy atom. The number of aliphatic hydroxyl groups excluding tert-OH is 1. The predicted octanol–water partition coefficient (Wildman–Crippen LogP) is 2.58. The Bertz CT molecular complexity index is 558. The summed E-state index contributed by atoms with van der Waals surface area (Å²) < 4.78 is 30.3. The van der Waals surface area contributed by atoms with E-state index in [9.17, 15) is 13.9 Å². The Labute approximate surface area is 142 Å². The second kappa shape index (κ2) is 8.44. The third-order valence-electron chi connectivity index (χ3n) is 3.44. The molecule has 128 valence electrons. The highest BCUT2D eigenvalue weighted by atomic mass is 79.9. The third-order valence-corrected chi connectivity index (χ3v) is 3.93. The van der Waals surface area contributed by atoms with Crippen molar-refractivity contribution in [3.63, 3.8) is 0 Å². The Balaban J connectivity index is 2.16. The quantitative estimate of drug-likeness (QED) is 0.598. The van der Waals surface area contributed by atoms with Gasteiger partial charge in [0.25, 0.3) is 0 Å². The van der Waals surface area contributed by atoms with Crippen LogP contribution in [0.3, 0.4) is 0 Å². The molecule has 8 heteroatoms. The van der Waals surface area contributed by atoms with Gasteiger partial charge in [-0.15, -0.1) is 0 Å². The van der Waals surface area contributed by atoms with Crippen LogP contribution in [0.25, 0.3) is 0 Å². The van der Waals surface area contributed by atoms with Crippen LogP contribution in [0.1, 0.15) is 18.9 Å². The van der Waals surface area contributed by atoms with Crippen molar-refractivity contribution in [2.75, 3.05) is 19.6 Å². The van der Waals surface area contributed by atoms with Gasteiger partial charge in [0.2, 0.25) is 0 Å². The maximum absolute atomic E-state index is 12.5. The molecule has 0 aliphatic carbocycles. The smallest absolute Gasteiger partial charge is 0.387 e. The Kier molecular flexibility index (Phi) is 6.59. The van der Waals surface area contributed by atoms with E-state index in [0.29, 0.717) is 37.6 Å². The number of likely N-dealkylation sites (tertiary alicyclic amines) is 1. The molecule has 0 unspecified atom stereocenters. The molecule has 1 fully saturated rings. The van der Waals surface area contributed by atoms with E-state index in [2.05, 4.69) is 31.0 Å². The fourth-order valence-electron chi connectivity index (χ4n) is 2.40. The molecular formula is C15H20BrF2N3O2. The zero-order chi connectivity index (χ0) is 16.8. The van der Waals surface area contributed by atoms with Crippen molar-refractivity contribution in [1.82, 2.24) is 10.2 Å². The first-order chi connectivity index (χ1) is 11.0. The summed E-state index contributed by atoms with van der Waals surface area (Å²) in [6, 6.07) is 4.85. The third kappa shape index (κ3) is 5.31. The molecule has 5 nitrogen and oxygen atoms in total. The fourth-order valence-corrected chi connectivity index (χ4v) is 2.81. The van der Waals surface area contributed by atoms with Gasteiger partial charge in [0.05, 0.1) is 12.6 Å². The van der Waals surface area contributed by atoms with E-state index in [1.165, 1.54) is 6.07 Å². The number of β-amino-alcohol motifs (C(OH)–C–C–N with tert-alkyl or cyclic N) is 1. The standard InChI is InChI=1S/C15H20BrF2N3O2/c1-2-19-15(21-6-5-12(22)9-21)20-8-10-7-11(16)3-4-13(10)23-14(17)18/h3-4,7,12,14,22H,2,5-6,8-9H2,1H3,(H,19,20)/t12-/m1/s1. The average molecular weight is 392 g/mol. The van der Waals surface area contributed by atoms with Crippen LogP contribution in [-0.2, 0) is 6.54 Å². The molecule has 1 aromatic rings. The first-order valence-corrected chi connectivity index (χ1v) is 8.23. The molecule has 1 atom stereocenters. The van der Waals surface area contributed by atoms with Crippen molar-refractivity contribution in [2.45, 2.75) is 32.6 Å². The summed E-state index contributed by atoms with van der Waals surface area (Å²) in [7, 11) is 0. The highest BCUT2D eigenvalue weighted by Gasteiger charge is 2.23. The summed E-state index contributed by atoms with van der Waals surface area (Å²) in [5.41, 5.74) is 0.565. The minimum absolute atomic E-state index is 0.115. The lowest BCUT2D eigenvalue weighted by atomic mass is 10.2. The molecule has 0 bridgehead atoms. The zero-order valence-electron chi connectivity index (χ0n) is 12.8. The zero-order valence-corrected chi connectivity index (χ0v) is 14.4. The maximum atomic E-state index is 12.5. The van der Waals surface area contributed by atoms with Crippen LogP contribution in [0, 0.1) is 0 Å². The summed E-state index contributed by atoms with van der Waals surface area (Å²) in [4.78, 5) is 6.44. The Morgan fingerprint density at radius 2 is 2.35 bits per heavy atom. The van der Waals surface area contributed by atoms with Crippen molar-refractivity contribution in [2.24, 2.45) is 4.99 Å². The van der Waals surface area contributed by atoms with E-state index in [0.717, 1.165) is 4.47 Å². The van der Waals surface area contributed by atoms with Crippen molar-refractivity contribution >= 4 is 21.9 Å². The first-order valence-electron chi connectivity index (χ1n) is 7.44. The van der Waals surface area contributed by atoms with Crippen molar-refractivity contribution in [3.05, 3.63) is 28.2 Å². The SMILES string of the molecule is CCNC(=NCc1cc(Br)ccc1OC(F)F)N1CC[C@@H](O)C1. The molecule has 1 saturated heterocycles. The van der Waals surface area contributed by atoms with Gasteiger partial charge in [-0.2, -0.15) is 8.78 Å². The van der Waals surface area contributed by atoms with Crippen molar-refractivity contribution < 1.29 is 18.6 Å². The number of halogens is 3. The largest absolute Gasteiger partial charge is 0.434 e. The van der Waals surface area contributed by atoms with Crippen LogP contribution < -0.4 is 10.1 Å². The molecule has 1 heterocycles. The number of rotatable bonds is 5. The lowest BCUT2D eigenvalue weighted by Gasteiger charge is -2.21. The highest BCUT2D eigenvalue weighted by molar-refractivity contribution is 9.10. The lowest BCUT2D eigenvalue weighted by molar-refractivity contribution is -0.0504. The topological polar surface area (TPSA) is 57.1 Å². The van der Waals surface area contributed by atoms with Gasteiger partial charge >= 0.3 is 6.61 Å². The van der Waals surface area contributed by atoms with Gasteiger partial charge in [0.15, 0.2) is 5.96 Å². The number of hydrogen-bond donors (Lipinski definition) is 2. The molecule has 2 rings (SSSR count). The van der Waals surface area contributed by atoms with Crippen LogP contribution in [0.4, 0.5) is 8.78 Å². The van der Waals surface area contributed by atoms with Crippen molar-refractivity contribution in [1.29, 1.82) is 0 Å². The summed E-state index contributed by atoms with van der Waals surface area (Å²) in [6.45, 7) is 1.20. The van der Waals surface area contributed by atoms with E-state index in [1.54, 1.807) is 12.1 Å². The number of alkyl halides is 2. The lowest BCUT2D eigenvalue weighted by Crippen LogP contribution is -2.40. The van der Waals surface area contributed by atoms with E-state index >= 15 is 0 Å². The van der Waals surface area contributed by atoms with Gasteiger partial charge in [-0.1, -0.05) is 15.9 Å². The molecule has 0 amide bonds. The number of aliphatic imine (C=N–C) groups is 1. The van der Waals surface area contributed by atoms with Crippen LogP contribution in [-0.4, -0.2) is 48.3 Å². The minimum Gasteiger partial charge on any atom is -0.434 e. The van der Waals surface area contributed by atoms with Crippen LogP contribution >= 0.6 is 15.9 Å². The molecule has 0 radical (unpaired) electrons. The number of hydrogen-bond acceptors (Lipinski definition) is 3. The molecule has 23 heavy (non-hydrogen) atoms. The number of nitrogens with one attached hydrogen (secondary N) is 1. The van der Waals surface area contributed by atoms with Gasteiger partial charge in [-0.05, 0) is 31.5 Å².